The molecule has 0 atom stereocenters. The lowest BCUT2D eigenvalue weighted by molar-refractivity contribution is -0.134. The van der Waals surface area contributed by atoms with Crippen LogP contribution >= 0.6 is 23.2 Å². The number of anilines is 1. The number of hydrogen-bond donors (Lipinski definition) is 1. The number of amides is 2. The second-order valence-corrected chi connectivity index (χ2v) is 12.3. The molecule has 3 aromatic carbocycles. The fraction of sp³-hybridized carbons (Fsp3) is 0.276. The minimum absolute atomic E-state index is 0.00966. The smallest absolute Gasteiger partial charge is 0.264 e. The van der Waals surface area contributed by atoms with Crippen LogP contribution in [0.5, 0.6) is 5.75 Å². The lowest BCUT2D eigenvalue weighted by Gasteiger charge is -2.26. The highest BCUT2D eigenvalue weighted by Gasteiger charge is 2.28. The Labute approximate surface area is 249 Å². The standard InChI is InChI=1S/C29H30Cl2N4O5S/c1-21-5-11-27(12-6-21)41(38,39)35(25-16-23(30)15-24(31)17-25)19-28(36)33-32-18-22-7-9-26(10-8-22)40-20-29(37)34-13-3-2-4-14-34/h5-12,15-18H,2-4,13-14,19-20H2,1H3,(H,33,36)/b32-18-. The summed E-state index contributed by atoms with van der Waals surface area (Å²) < 4.78 is 33.5. The Bertz CT molecular complexity index is 1490. The maximum absolute atomic E-state index is 13.5. The Balaban J connectivity index is 1.39. The SMILES string of the molecule is Cc1ccc(S(=O)(=O)N(CC(=O)N/N=C\c2ccc(OCC(=O)N3CCCCC3)cc2)c2cc(Cl)cc(Cl)c2)cc1. The predicted octanol–water partition coefficient (Wildman–Crippen LogP) is 5.04. The van der Waals surface area contributed by atoms with E-state index >= 15 is 0 Å². The number of hydrogen-bond acceptors (Lipinski definition) is 6. The van der Waals surface area contributed by atoms with Crippen LogP contribution in [0.15, 0.2) is 76.7 Å². The fourth-order valence-electron chi connectivity index (χ4n) is 4.21. The highest BCUT2D eigenvalue weighted by atomic mass is 35.5. The van der Waals surface area contributed by atoms with Crippen molar-refractivity contribution in [3.63, 3.8) is 0 Å². The molecule has 2 amide bonds. The molecule has 1 saturated heterocycles. The van der Waals surface area contributed by atoms with Crippen molar-refractivity contribution in [2.24, 2.45) is 5.10 Å². The van der Waals surface area contributed by atoms with Gasteiger partial charge in [0.05, 0.1) is 16.8 Å². The van der Waals surface area contributed by atoms with E-state index in [1.165, 1.54) is 36.5 Å². The number of sulfonamides is 1. The van der Waals surface area contributed by atoms with Gasteiger partial charge in [-0.2, -0.15) is 5.10 Å². The molecule has 1 N–H and O–H groups in total. The van der Waals surface area contributed by atoms with Gasteiger partial charge in [-0.15, -0.1) is 0 Å². The van der Waals surface area contributed by atoms with Crippen molar-refractivity contribution in [2.75, 3.05) is 30.5 Å². The number of ether oxygens (including phenoxy) is 1. The first-order valence-electron chi connectivity index (χ1n) is 13.0. The summed E-state index contributed by atoms with van der Waals surface area (Å²) in [6.45, 7) is 2.79. The lowest BCUT2D eigenvalue weighted by Crippen LogP contribution is -2.39. The fourth-order valence-corrected chi connectivity index (χ4v) is 6.13. The molecule has 1 aliphatic heterocycles. The first-order valence-corrected chi connectivity index (χ1v) is 15.2. The normalized spacial score (nSPS) is 13.7. The Kier molecular flexibility index (Phi) is 10.3. The molecule has 12 heteroatoms. The van der Waals surface area contributed by atoms with Crippen molar-refractivity contribution in [3.05, 3.63) is 87.9 Å². The quantitative estimate of drug-likeness (QED) is 0.254. The monoisotopic (exact) mass is 616 g/mol. The molecule has 41 heavy (non-hydrogen) atoms. The van der Waals surface area contributed by atoms with Crippen LogP contribution in [0.3, 0.4) is 0 Å². The largest absolute Gasteiger partial charge is 0.484 e. The van der Waals surface area contributed by atoms with Crippen molar-refractivity contribution in [3.8, 4) is 5.75 Å². The van der Waals surface area contributed by atoms with Crippen LogP contribution in [0.2, 0.25) is 10.0 Å². The summed E-state index contributed by atoms with van der Waals surface area (Å²) in [7, 11) is -4.14. The summed E-state index contributed by atoms with van der Waals surface area (Å²) in [6, 6.07) is 17.4. The molecule has 0 unspecified atom stereocenters. The average molecular weight is 618 g/mol. The zero-order valence-electron chi connectivity index (χ0n) is 22.4. The van der Waals surface area contributed by atoms with Crippen molar-refractivity contribution >= 4 is 56.9 Å². The van der Waals surface area contributed by atoms with Crippen molar-refractivity contribution < 1.29 is 22.7 Å². The molecule has 216 valence electrons. The van der Waals surface area contributed by atoms with E-state index in [0.29, 0.717) is 11.3 Å². The molecular weight excluding hydrogens is 587 g/mol. The summed E-state index contributed by atoms with van der Waals surface area (Å²) in [5.41, 5.74) is 4.04. The minimum Gasteiger partial charge on any atom is -0.484 e. The third kappa shape index (κ3) is 8.45. The summed E-state index contributed by atoms with van der Waals surface area (Å²) in [6.07, 6.45) is 4.60. The molecule has 3 aromatic rings. The molecule has 0 aliphatic carbocycles. The number of benzene rings is 3. The van der Waals surface area contributed by atoms with Gasteiger partial charge in [-0.1, -0.05) is 40.9 Å². The van der Waals surface area contributed by atoms with Gasteiger partial charge in [0.25, 0.3) is 21.8 Å². The zero-order chi connectivity index (χ0) is 29.4. The van der Waals surface area contributed by atoms with E-state index in [4.69, 9.17) is 27.9 Å². The molecule has 1 fully saturated rings. The van der Waals surface area contributed by atoms with Gasteiger partial charge in [0.2, 0.25) is 0 Å². The maximum Gasteiger partial charge on any atom is 0.264 e. The molecule has 0 bridgehead atoms. The summed E-state index contributed by atoms with van der Waals surface area (Å²) in [4.78, 5) is 26.9. The summed E-state index contributed by atoms with van der Waals surface area (Å²) in [5, 5.41) is 4.40. The topological polar surface area (TPSA) is 108 Å². The molecule has 1 heterocycles. The number of aryl methyl sites for hydroxylation is 1. The number of halogens is 2. The van der Waals surface area contributed by atoms with Gasteiger partial charge >= 0.3 is 0 Å². The second-order valence-electron chi connectivity index (χ2n) is 9.54. The van der Waals surface area contributed by atoms with Gasteiger partial charge in [-0.25, -0.2) is 13.8 Å². The molecule has 0 aromatic heterocycles. The molecule has 9 nitrogen and oxygen atoms in total. The maximum atomic E-state index is 13.5. The van der Waals surface area contributed by atoms with Crippen molar-refractivity contribution in [2.45, 2.75) is 31.1 Å². The molecule has 0 radical (unpaired) electrons. The highest BCUT2D eigenvalue weighted by molar-refractivity contribution is 7.92. The van der Waals surface area contributed by atoms with Crippen LogP contribution in [-0.2, 0) is 19.6 Å². The van der Waals surface area contributed by atoms with Gasteiger partial charge in [0.15, 0.2) is 6.61 Å². The van der Waals surface area contributed by atoms with E-state index in [1.807, 2.05) is 11.8 Å². The number of rotatable bonds is 10. The first-order chi connectivity index (χ1) is 19.6. The Morgan fingerprint density at radius 2 is 1.61 bits per heavy atom. The van der Waals surface area contributed by atoms with E-state index in [2.05, 4.69) is 10.5 Å². The highest BCUT2D eigenvalue weighted by Crippen LogP contribution is 2.29. The van der Waals surface area contributed by atoms with E-state index in [0.717, 1.165) is 42.2 Å². The van der Waals surface area contributed by atoms with E-state index < -0.39 is 22.5 Å². The van der Waals surface area contributed by atoms with Crippen LogP contribution in [-0.4, -0.2) is 57.6 Å². The van der Waals surface area contributed by atoms with Gasteiger partial charge < -0.3 is 9.64 Å². The number of carbonyl (C=O) groups is 2. The average Bonchev–Trinajstić information content (AvgIpc) is 2.95. The summed E-state index contributed by atoms with van der Waals surface area (Å²) in [5.74, 6) is -0.172. The van der Waals surface area contributed by atoms with Gasteiger partial charge in [0, 0.05) is 23.1 Å². The molecule has 1 aliphatic rings. The first kappa shape index (κ1) is 30.4. The number of piperidine rings is 1. The van der Waals surface area contributed by atoms with E-state index in [9.17, 15) is 18.0 Å². The van der Waals surface area contributed by atoms with Gasteiger partial charge in [0.1, 0.15) is 12.3 Å². The Hall–Kier alpha value is -3.60. The van der Waals surface area contributed by atoms with Crippen LogP contribution in [0, 0.1) is 6.92 Å². The number of nitrogens with zero attached hydrogens (tertiary/aromatic N) is 3. The van der Waals surface area contributed by atoms with Crippen LogP contribution in [0.1, 0.15) is 30.4 Å². The van der Waals surface area contributed by atoms with Gasteiger partial charge in [-0.3, -0.25) is 13.9 Å². The van der Waals surface area contributed by atoms with Crippen LogP contribution in [0.25, 0.3) is 0 Å². The number of hydrazone groups is 1. The van der Waals surface area contributed by atoms with Crippen molar-refractivity contribution in [1.29, 1.82) is 0 Å². The summed E-state index contributed by atoms with van der Waals surface area (Å²) >= 11 is 12.2. The second kappa shape index (κ2) is 13.8. The van der Waals surface area contributed by atoms with Gasteiger partial charge in [-0.05, 0) is 86.3 Å². The third-order valence-electron chi connectivity index (χ3n) is 6.39. The molecule has 4 rings (SSSR count). The Morgan fingerprint density at radius 1 is 0.976 bits per heavy atom. The predicted molar refractivity (Wildman–Crippen MR) is 160 cm³/mol. The van der Waals surface area contributed by atoms with E-state index in [-0.39, 0.29) is 33.1 Å². The third-order valence-corrected chi connectivity index (χ3v) is 8.61. The van der Waals surface area contributed by atoms with Crippen LogP contribution < -0.4 is 14.5 Å². The van der Waals surface area contributed by atoms with Crippen molar-refractivity contribution in [1.82, 2.24) is 10.3 Å². The van der Waals surface area contributed by atoms with Crippen LogP contribution in [0.4, 0.5) is 5.69 Å². The zero-order valence-corrected chi connectivity index (χ0v) is 24.8. The number of likely N-dealkylation sites (tertiary alicyclic amines) is 1. The number of nitrogens with one attached hydrogen (secondary N) is 1. The molecule has 0 saturated carbocycles. The lowest BCUT2D eigenvalue weighted by atomic mass is 10.1. The molecule has 0 spiro atoms. The van der Waals surface area contributed by atoms with E-state index in [1.54, 1.807) is 36.4 Å². The minimum atomic E-state index is -4.14. The Morgan fingerprint density at radius 3 is 2.24 bits per heavy atom. The number of carbonyl (C=O) groups excluding carboxylic acids is 2. The molecular formula is C29H30Cl2N4O5S.